The van der Waals surface area contributed by atoms with Gasteiger partial charge in [0, 0.05) is 12.0 Å². The molecule has 0 spiro atoms. The minimum Gasteiger partial charge on any atom is -0.395 e. The Bertz CT molecular complexity index is 716. The molecule has 2 aromatic rings. The van der Waals surface area contributed by atoms with Crippen LogP contribution in [0.15, 0.2) is 30.3 Å². The molecule has 3 nitrogen and oxygen atoms in total. The zero-order valence-corrected chi connectivity index (χ0v) is 13.1. The second kappa shape index (κ2) is 7.48. The summed E-state index contributed by atoms with van der Waals surface area (Å²) in [7, 11) is 0. The lowest BCUT2D eigenvalue weighted by molar-refractivity contribution is 0.102. The topological polar surface area (TPSA) is 49.3 Å². The third kappa shape index (κ3) is 4.23. The first-order valence-corrected chi connectivity index (χ1v) is 7.64. The smallest absolute Gasteiger partial charge is 0.258 e. The molecule has 1 aromatic carbocycles. The molecular formula is C15H11Cl2NO2S. The molecule has 1 amide bonds. The van der Waals surface area contributed by atoms with Crippen molar-refractivity contribution in [3.63, 3.8) is 0 Å². The highest BCUT2D eigenvalue weighted by Gasteiger charge is 2.15. The van der Waals surface area contributed by atoms with Crippen LogP contribution in [0.3, 0.4) is 0 Å². The van der Waals surface area contributed by atoms with Gasteiger partial charge in [0.05, 0.1) is 22.2 Å². The molecule has 1 heterocycles. The van der Waals surface area contributed by atoms with Crippen molar-refractivity contribution in [1.29, 1.82) is 0 Å². The van der Waals surface area contributed by atoms with E-state index in [1.54, 1.807) is 18.2 Å². The summed E-state index contributed by atoms with van der Waals surface area (Å²) >= 11 is 12.9. The van der Waals surface area contributed by atoms with Crippen molar-refractivity contribution in [2.45, 2.75) is 6.42 Å². The fourth-order valence-electron chi connectivity index (χ4n) is 1.60. The number of aliphatic hydroxyl groups is 1. The quantitative estimate of drug-likeness (QED) is 0.829. The molecule has 0 fully saturated rings. The minimum atomic E-state index is -0.334. The van der Waals surface area contributed by atoms with Gasteiger partial charge in [0.1, 0.15) is 4.34 Å². The molecule has 108 valence electrons. The maximum absolute atomic E-state index is 12.2. The Kier molecular flexibility index (Phi) is 5.66. The second-order valence-corrected chi connectivity index (χ2v) is 6.30. The lowest BCUT2D eigenvalue weighted by Crippen LogP contribution is -2.12. The van der Waals surface area contributed by atoms with Gasteiger partial charge in [-0.3, -0.25) is 4.79 Å². The molecule has 0 unspecified atom stereocenters. The van der Waals surface area contributed by atoms with Crippen molar-refractivity contribution < 1.29 is 9.90 Å². The van der Waals surface area contributed by atoms with E-state index in [0.29, 0.717) is 31.9 Å². The SMILES string of the molecule is O=C(Nc1ccccc1C#CCCO)c1cc(Cl)sc1Cl. The monoisotopic (exact) mass is 339 g/mol. The molecule has 0 saturated carbocycles. The number of carbonyl (C=O) groups excluding carboxylic acids is 1. The van der Waals surface area contributed by atoms with Gasteiger partial charge in [0.25, 0.3) is 5.91 Å². The zero-order valence-electron chi connectivity index (χ0n) is 10.8. The highest BCUT2D eigenvalue weighted by Crippen LogP contribution is 2.31. The molecule has 6 heteroatoms. The first-order valence-electron chi connectivity index (χ1n) is 6.06. The van der Waals surface area contributed by atoms with Gasteiger partial charge < -0.3 is 10.4 Å². The molecule has 2 rings (SSSR count). The van der Waals surface area contributed by atoms with E-state index in [9.17, 15) is 4.79 Å². The zero-order chi connectivity index (χ0) is 15.2. The van der Waals surface area contributed by atoms with Gasteiger partial charge in [0.2, 0.25) is 0 Å². The number of aliphatic hydroxyl groups excluding tert-OH is 1. The van der Waals surface area contributed by atoms with Crippen molar-refractivity contribution in [3.8, 4) is 11.8 Å². The van der Waals surface area contributed by atoms with E-state index in [1.807, 2.05) is 6.07 Å². The molecule has 0 radical (unpaired) electrons. The van der Waals surface area contributed by atoms with E-state index in [2.05, 4.69) is 17.2 Å². The van der Waals surface area contributed by atoms with Gasteiger partial charge in [-0.15, -0.1) is 11.3 Å². The number of hydrogen-bond donors (Lipinski definition) is 2. The third-order valence-corrected chi connectivity index (χ3v) is 4.02. The van der Waals surface area contributed by atoms with Gasteiger partial charge in [-0.1, -0.05) is 47.2 Å². The number of thiophene rings is 1. The summed E-state index contributed by atoms with van der Waals surface area (Å²) < 4.78 is 0.808. The molecule has 0 atom stereocenters. The maximum Gasteiger partial charge on any atom is 0.258 e. The molecule has 21 heavy (non-hydrogen) atoms. The lowest BCUT2D eigenvalue weighted by Gasteiger charge is -2.06. The Morgan fingerprint density at radius 1 is 1.33 bits per heavy atom. The van der Waals surface area contributed by atoms with Crippen LogP contribution in [-0.4, -0.2) is 17.6 Å². The van der Waals surface area contributed by atoms with Crippen LogP contribution in [0.5, 0.6) is 0 Å². The van der Waals surface area contributed by atoms with Crippen molar-refractivity contribution in [3.05, 3.63) is 50.1 Å². The summed E-state index contributed by atoms with van der Waals surface area (Å²) in [5, 5.41) is 11.5. The van der Waals surface area contributed by atoms with E-state index >= 15 is 0 Å². The van der Waals surface area contributed by atoms with Gasteiger partial charge in [-0.2, -0.15) is 0 Å². The standard InChI is InChI=1S/C15H11Cl2NO2S/c16-13-9-11(14(17)21-13)15(20)18-12-7-2-1-5-10(12)6-3-4-8-19/h1-2,5,7,9,19H,4,8H2,(H,18,20). The summed E-state index contributed by atoms with van der Waals surface area (Å²) in [5.74, 6) is 5.40. The lowest BCUT2D eigenvalue weighted by atomic mass is 10.1. The van der Waals surface area contributed by atoms with Crippen LogP contribution >= 0.6 is 34.5 Å². The third-order valence-electron chi connectivity index (χ3n) is 2.54. The molecule has 0 aliphatic heterocycles. The summed E-state index contributed by atoms with van der Waals surface area (Å²) in [5.41, 5.74) is 1.60. The predicted molar refractivity (Wildman–Crippen MR) is 87.3 cm³/mol. The Balaban J connectivity index is 2.22. The Labute approximate surface area is 136 Å². The summed E-state index contributed by atoms with van der Waals surface area (Å²) in [6.45, 7) is 0.00450. The second-order valence-electron chi connectivity index (χ2n) is 4.01. The van der Waals surface area contributed by atoms with Crippen LogP contribution < -0.4 is 5.32 Å². The average molecular weight is 340 g/mol. The molecule has 1 aromatic heterocycles. The van der Waals surface area contributed by atoms with E-state index in [0.717, 1.165) is 11.3 Å². The minimum absolute atomic E-state index is 0.00450. The number of para-hydroxylation sites is 1. The van der Waals surface area contributed by atoms with Gasteiger partial charge in [-0.05, 0) is 18.2 Å². The van der Waals surface area contributed by atoms with Crippen LogP contribution in [0.4, 0.5) is 5.69 Å². The number of rotatable bonds is 3. The van der Waals surface area contributed by atoms with E-state index in [-0.39, 0.29) is 12.5 Å². The summed E-state index contributed by atoms with van der Waals surface area (Å²) in [6, 6.07) is 8.71. The average Bonchev–Trinajstić information content (AvgIpc) is 2.80. The molecule has 0 saturated heterocycles. The summed E-state index contributed by atoms with van der Waals surface area (Å²) in [6.07, 6.45) is 0.383. The highest BCUT2D eigenvalue weighted by molar-refractivity contribution is 7.20. The predicted octanol–water partition coefficient (Wildman–Crippen LogP) is 4.04. The van der Waals surface area contributed by atoms with Crippen LogP contribution in [-0.2, 0) is 0 Å². The number of carbonyl (C=O) groups is 1. The number of amides is 1. The molecule has 0 aliphatic carbocycles. The van der Waals surface area contributed by atoms with Crippen molar-refractivity contribution in [2.24, 2.45) is 0 Å². The van der Waals surface area contributed by atoms with E-state index in [4.69, 9.17) is 28.3 Å². The first-order chi connectivity index (χ1) is 10.1. The molecular weight excluding hydrogens is 329 g/mol. The van der Waals surface area contributed by atoms with Crippen molar-refractivity contribution >= 4 is 46.1 Å². The molecule has 0 aliphatic rings. The van der Waals surface area contributed by atoms with Crippen molar-refractivity contribution in [1.82, 2.24) is 0 Å². The highest BCUT2D eigenvalue weighted by atomic mass is 35.5. The molecule has 2 N–H and O–H groups in total. The number of halogens is 2. The van der Waals surface area contributed by atoms with Crippen LogP contribution in [0.1, 0.15) is 22.3 Å². The van der Waals surface area contributed by atoms with Gasteiger partial charge in [-0.25, -0.2) is 0 Å². The van der Waals surface area contributed by atoms with Gasteiger partial charge >= 0.3 is 0 Å². The number of nitrogens with one attached hydrogen (secondary N) is 1. The van der Waals surface area contributed by atoms with E-state index in [1.165, 1.54) is 6.07 Å². The van der Waals surface area contributed by atoms with Crippen LogP contribution in [0.25, 0.3) is 0 Å². The maximum atomic E-state index is 12.2. The van der Waals surface area contributed by atoms with Crippen LogP contribution in [0, 0.1) is 11.8 Å². The number of hydrogen-bond acceptors (Lipinski definition) is 3. The fraction of sp³-hybridized carbons (Fsp3) is 0.133. The summed E-state index contributed by atoms with van der Waals surface area (Å²) in [4.78, 5) is 12.2. The molecule has 0 bridgehead atoms. The fourth-order valence-corrected chi connectivity index (χ4v) is 3.06. The number of benzene rings is 1. The van der Waals surface area contributed by atoms with E-state index < -0.39 is 0 Å². The normalized spacial score (nSPS) is 9.86. The Morgan fingerprint density at radius 2 is 2.10 bits per heavy atom. The largest absolute Gasteiger partial charge is 0.395 e. The number of anilines is 1. The van der Waals surface area contributed by atoms with Gasteiger partial charge in [0.15, 0.2) is 0 Å². The first kappa shape index (κ1) is 15.9. The Morgan fingerprint density at radius 3 is 2.76 bits per heavy atom. The Hall–Kier alpha value is -1.51. The van der Waals surface area contributed by atoms with Crippen LogP contribution in [0.2, 0.25) is 8.67 Å². The van der Waals surface area contributed by atoms with Crippen molar-refractivity contribution in [2.75, 3.05) is 11.9 Å².